The number of thioether (sulfide) groups is 1. The van der Waals surface area contributed by atoms with Crippen molar-refractivity contribution in [3.05, 3.63) is 47.0 Å². The van der Waals surface area contributed by atoms with Crippen LogP contribution in [0.2, 0.25) is 0 Å². The van der Waals surface area contributed by atoms with Gasteiger partial charge in [-0.1, -0.05) is 32.0 Å². The van der Waals surface area contributed by atoms with E-state index in [2.05, 4.69) is 53.0 Å². The minimum absolute atomic E-state index is 0.230. The molecule has 0 amide bonds. The van der Waals surface area contributed by atoms with Crippen LogP contribution in [0.3, 0.4) is 0 Å². The van der Waals surface area contributed by atoms with Gasteiger partial charge in [0.1, 0.15) is 10.8 Å². The molecule has 0 aliphatic heterocycles. The topological polar surface area (TPSA) is 46.8 Å². The summed E-state index contributed by atoms with van der Waals surface area (Å²) >= 11 is 3.26. The molecule has 3 rings (SSSR count). The molecule has 0 aliphatic carbocycles. The zero-order chi connectivity index (χ0) is 20.8. The minimum Gasteiger partial charge on any atom is -0.305 e. The highest BCUT2D eigenvalue weighted by molar-refractivity contribution is 7.98. The molecule has 1 aromatic carbocycles. The molecule has 0 bridgehead atoms. The van der Waals surface area contributed by atoms with Gasteiger partial charge < -0.3 is 4.57 Å². The van der Waals surface area contributed by atoms with Crippen molar-refractivity contribution in [2.75, 3.05) is 14.1 Å². The lowest BCUT2D eigenvalue weighted by molar-refractivity contribution is 0.270. The molecule has 3 aromatic rings. The molecule has 156 valence electrons. The summed E-state index contributed by atoms with van der Waals surface area (Å²) in [5, 5.41) is 12.9. The number of halogens is 1. The fourth-order valence-corrected chi connectivity index (χ4v) is 4.99. The molecular weight excluding hydrogens is 405 g/mol. The van der Waals surface area contributed by atoms with Crippen molar-refractivity contribution in [1.82, 2.24) is 24.6 Å². The maximum absolute atomic E-state index is 13.1. The van der Waals surface area contributed by atoms with E-state index in [1.165, 1.54) is 12.1 Å². The Morgan fingerprint density at radius 3 is 2.59 bits per heavy atom. The minimum atomic E-state index is -0.230. The van der Waals surface area contributed by atoms with Crippen molar-refractivity contribution in [3.63, 3.8) is 0 Å². The summed E-state index contributed by atoms with van der Waals surface area (Å²) in [6.07, 6.45) is 3.23. The van der Waals surface area contributed by atoms with Crippen LogP contribution in [0.4, 0.5) is 4.39 Å². The first-order chi connectivity index (χ1) is 14.0. The molecule has 2 aromatic heterocycles. The van der Waals surface area contributed by atoms with Gasteiger partial charge in [0.05, 0.1) is 11.7 Å². The van der Waals surface area contributed by atoms with E-state index in [1.807, 2.05) is 0 Å². The number of benzene rings is 1. The van der Waals surface area contributed by atoms with E-state index in [0.29, 0.717) is 0 Å². The first kappa shape index (κ1) is 21.9. The Hall–Kier alpha value is -1.77. The van der Waals surface area contributed by atoms with Crippen LogP contribution in [-0.4, -0.2) is 38.7 Å². The van der Waals surface area contributed by atoms with Crippen molar-refractivity contribution in [2.45, 2.75) is 56.6 Å². The zero-order valence-electron chi connectivity index (χ0n) is 17.4. The summed E-state index contributed by atoms with van der Waals surface area (Å²) < 4.78 is 15.4. The molecule has 0 spiro atoms. The molecule has 0 fully saturated rings. The number of nitrogens with zero attached hydrogens (tertiary/aromatic N) is 5. The summed E-state index contributed by atoms with van der Waals surface area (Å²) in [5.41, 5.74) is 1.95. The van der Waals surface area contributed by atoms with Crippen molar-refractivity contribution < 1.29 is 4.39 Å². The summed E-state index contributed by atoms with van der Waals surface area (Å²) in [6.45, 7) is 5.32. The smallest absolute Gasteiger partial charge is 0.191 e. The Morgan fingerprint density at radius 2 is 1.93 bits per heavy atom. The fraction of sp³-hybridized carbons (Fsp3) is 0.476. The molecule has 2 heterocycles. The second kappa shape index (κ2) is 10.3. The molecule has 0 aliphatic rings. The fourth-order valence-electron chi connectivity index (χ4n) is 3.20. The normalized spacial score (nSPS) is 12.6. The van der Waals surface area contributed by atoms with E-state index < -0.39 is 0 Å². The number of rotatable bonds is 10. The molecule has 8 heteroatoms. The molecule has 1 unspecified atom stereocenters. The van der Waals surface area contributed by atoms with Crippen LogP contribution in [0.25, 0.3) is 10.6 Å². The predicted molar refractivity (Wildman–Crippen MR) is 119 cm³/mol. The Morgan fingerprint density at radius 1 is 1.17 bits per heavy atom. The number of hydrogen-bond acceptors (Lipinski definition) is 6. The predicted octanol–water partition coefficient (Wildman–Crippen LogP) is 5.65. The highest BCUT2D eigenvalue weighted by atomic mass is 32.2. The van der Waals surface area contributed by atoms with Gasteiger partial charge in [-0.3, -0.25) is 4.90 Å². The lowest BCUT2D eigenvalue weighted by atomic mass is 10.2. The van der Waals surface area contributed by atoms with Gasteiger partial charge in [0.25, 0.3) is 0 Å². The average molecular weight is 434 g/mol. The quantitative estimate of drug-likeness (QED) is 0.387. The van der Waals surface area contributed by atoms with Gasteiger partial charge in [-0.25, -0.2) is 9.37 Å². The van der Waals surface area contributed by atoms with E-state index in [1.54, 1.807) is 35.2 Å². The summed E-state index contributed by atoms with van der Waals surface area (Å²) in [6, 6.07) is 6.74. The van der Waals surface area contributed by atoms with Crippen molar-refractivity contribution in [3.8, 4) is 10.6 Å². The van der Waals surface area contributed by atoms with E-state index in [4.69, 9.17) is 4.98 Å². The van der Waals surface area contributed by atoms with E-state index in [0.717, 1.165) is 58.8 Å². The molecule has 1 atom stereocenters. The first-order valence-corrected chi connectivity index (χ1v) is 11.8. The van der Waals surface area contributed by atoms with Gasteiger partial charge in [-0.15, -0.1) is 21.5 Å². The second-order valence-corrected chi connectivity index (χ2v) is 8.97. The Balaban J connectivity index is 1.74. The van der Waals surface area contributed by atoms with Gasteiger partial charge in [0.15, 0.2) is 11.0 Å². The largest absolute Gasteiger partial charge is 0.305 e. The van der Waals surface area contributed by atoms with Crippen LogP contribution in [0.5, 0.6) is 0 Å². The standard InChI is InChI=1S/C21H28FN5S2/c1-5-7-12-27-19(18(6-2)26(3)4)24-25-21(27)29-14-17-13-28-20(23-17)15-8-10-16(22)11-9-15/h8-11,13,18H,5-7,12,14H2,1-4H3. The third-order valence-electron chi connectivity index (χ3n) is 4.78. The van der Waals surface area contributed by atoms with Crippen molar-refractivity contribution in [2.24, 2.45) is 0 Å². The van der Waals surface area contributed by atoms with E-state index in [-0.39, 0.29) is 11.9 Å². The van der Waals surface area contributed by atoms with Crippen LogP contribution in [0.15, 0.2) is 34.8 Å². The van der Waals surface area contributed by atoms with Gasteiger partial charge >= 0.3 is 0 Å². The van der Waals surface area contributed by atoms with Gasteiger partial charge in [0.2, 0.25) is 0 Å². The second-order valence-electron chi connectivity index (χ2n) is 7.17. The third kappa shape index (κ3) is 5.43. The SMILES string of the molecule is CCCCn1c(SCc2csc(-c3ccc(F)cc3)n2)nnc1C(CC)N(C)C. The molecule has 0 radical (unpaired) electrons. The number of aromatic nitrogens is 4. The van der Waals surface area contributed by atoms with E-state index in [9.17, 15) is 4.39 Å². The van der Waals surface area contributed by atoms with Crippen LogP contribution in [0, 0.1) is 5.82 Å². The van der Waals surface area contributed by atoms with E-state index >= 15 is 0 Å². The monoisotopic (exact) mass is 433 g/mol. The maximum atomic E-state index is 13.1. The Labute approximate surface area is 180 Å². The van der Waals surface area contributed by atoms with Gasteiger partial charge in [-0.05, 0) is 51.2 Å². The summed E-state index contributed by atoms with van der Waals surface area (Å²) in [4.78, 5) is 6.92. The molecule has 0 saturated carbocycles. The number of thiazole rings is 1. The Kier molecular flexibility index (Phi) is 7.80. The van der Waals surface area contributed by atoms with Crippen LogP contribution < -0.4 is 0 Å². The lowest BCUT2D eigenvalue weighted by Gasteiger charge is -2.23. The lowest BCUT2D eigenvalue weighted by Crippen LogP contribution is -2.23. The first-order valence-electron chi connectivity index (χ1n) is 9.96. The molecule has 0 saturated heterocycles. The maximum Gasteiger partial charge on any atom is 0.191 e. The molecule has 5 nitrogen and oxygen atoms in total. The number of unbranched alkanes of at least 4 members (excludes halogenated alkanes) is 1. The van der Waals surface area contributed by atoms with Crippen LogP contribution in [0.1, 0.15) is 50.7 Å². The zero-order valence-corrected chi connectivity index (χ0v) is 19.1. The molecule has 0 N–H and O–H groups in total. The van der Waals surface area contributed by atoms with Crippen molar-refractivity contribution in [1.29, 1.82) is 0 Å². The summed E-state index contributed by atoms with van der Waals surface area (Å²) in [5.74, 6) is 1.55. The third-order valence-corrected chi connectivity index (χ3v) is 6.72. The number of hydrogen-bond donors (Lipinski definition) is 0. The highest BCUT2D eigenvalue weighted by Crippen LogP contribution is 2.30. The average Bonchev–Trinajstić information content (AvgIpc) is 3.33. The van der Waals surface area contributed by atoms with Crippen LogP contribution >= 0.6 is 23.1 Å². The van der Waals surface area contributed by atoms with Crippen molar-refractivity contribution >= 4 is 23.1 Å². The van der Waals surface area contributed by atoms with Gasteiger partial charge in [0, 0.05) is 23.2 Å². The summed E-state index contributed by atoms with van der Waals surface area (Å²) in [7, 11) is 4.18. The van der Waals surface area contributed by atoms with Crippen LogP contribution in [-0.2, 0) is 12.3 Å². The van der Waals surface area contributed by atoms with Gasteiger partial charge in [-0.2, -0.15) is 0 Å². The Bertz CT molecular complexity index is 904. The molecular formula is C21H28FN5S2. The highest BCUT2D eigenvalue weighted by Gasteiger charge is 2.22. The molecule has 29 heavy (non-hydrogen) atoms.